The Kier molecular flexibility index (Phi) is 4.71. The number of benzene rings is 1. The van der Waals surface area contributed by atoms with Crippen LogP contribution in [0.2, 0.25) is 0 Å². The van der Waals surface area contributed by atoms with E-state index in [0.717, 1.165) is 19.1 Å². The van der Waals surface area contributed by atoms with Gasteiger partial charge in [-0.15, -0.1) is 0 Å². The van der Waals surface area contributed by atoms with Crippen LogP contribution in [0.4, 0.5) is 4.79 Å². The van der Waals surface area contributed by atoms with E-state index in [0.29, 0.717) is 11.9 Å². The average molecular weight is 288 g/mol. The Morgan fingerprint density at radius 3 is 2.95 bits per heavy atom. The molecule has 0 fully saturated rings. The number of rotatable bonds is 4. The van der Waals surface area contributed by atoms with Gasteiger partial charge in [-0.2, -0.15) is 0 Å². The van der Waals surface area contributed by atoms with Gasteiger partial charge in [0.05, 0.1) is 11.6 Å². The van der Waals surface area contributed by atoms with E-state index in [9.17, 15) is 14.7 Å². The molecule has 0 saturated carbocycles. The molecular weight excluding hydrogens is 272 g/mol. The molecule has 6 heteroatoms. The highest BCUT2D eigenvalue weighted by atomic mass is 16.4. The lowest BCUT2D eigenvalue weighted by Gasteiger charge is -2.02. The van der Waals surface area contributed by atoms with Crippen molar-refractivity contribution in [2.45, 2.75) is 19.8 Å². The van der Waals surface area contributed by atoms with Gasteiger partial charge in [0.25, 0.3) is 0 Å². The Labute approximate surface area is 121 Å². The third-order valence-electron chi connectivity index (χ3n) is 2.94. The van der Waals surface area contributed by atoms with Gasteiger partial charge < -0.3 is 14.8 Å². The molecule has 0 aliphatic rings. The van der Waals surface area contributed by atoms with Crippen molar-refractivity contribution < 1.29 is 14.3 Å². The fraction of sp³-hybridized carbons (Fsp3) is 0.267. The fourth-order valence-corrected chi connectivity index (χ4v) is 1.80. The fourth-order valence-electron chi connectivity index (χ4n) is 1.80. The lowest BCUT2D eigenvalue weighted by atomic mass is 10.1. The van der Waals surface area contributed by atoms with Crippen LogP contribution in [-0.4, -0.2) is 23.9 Å². The van der Waals surface area contributed by atoms with Crippen molar-refractivity contribution in [1.29, 1.82) is 0 Å². The lowest BCUT2D eigenvalue weighted by molar-refractivity contribution is 0.249. The molecule has 0 aliphatic carbocycles. The topological polar surface area (TPSA) is 91.9 Å². The highest BCUT2D eigenvalue weighted by Gasteiger charge is 2.12. The number of aromatic hydroxyl groups is 1. The predicted molar refractivity (Wildman–Crippen MR) is 80.0 cm³/mol. The third-order valence-corrected chi connectivity index (χ3v) is 2.94. The number of amides is 2. The number of unbranched alkanes of at least 4 members (excludes halogenated alkanes) is 1. The number of nitrogens with one attached hydrogen (secondary N) is 1. The van der Waals surface area contributed by atoms with E-state index in [4.69, 9.17) is 4.42 Å². The number of para-hydroxylation sites is 1. The van der Waals surface area contributed by atoms with Crippen molar-refractivity contribution in [2.24, 2.45) is 4.99 Å². The first-order valence-corrected chi connectivity index (χ1v) is 6.70. The summed E-state index contributed by atoms with van der Waals surface area (Å²) in [5, 5.41) is 13.0. The standard InChI is InChI=1S/C15H16N2O4/c1-2-3-8-16-15(20)17-9-11-13(18)10-6-4-5-7-12(10)21-14(11)19/h4-7,9,18H,2-3,8H2,1H3,(H,16,20). The van der Waals surface area contributed by atoms with Crippen molar-refractivity contribution in [3.63, 3.8) is 0 Å². The third kappa shape index (κ3) is 3.47. The van der Waals surface area contributed by atoms with E-state index in [-0.39, 0.29) is 16.9 Å². The summed E-state index contributed by atoms with van der Waals surface area (Å²) in [6.07, 6.45) is 2.83. The number of hydrogen-bond donors (Lipinski definition) is 2. The molecule has 0 bridgehead atoms. The number of hydrogen-bond acceptors (Lipinski definition) is 4. The van der Waals surface area contributed by atoms with Crippen molar-refractivity contribution in [3.05, 3.63) is 40.2 Å². The minimum atomic E-state index is -0.740. The predicted octanol–water partition coefficient (Wildman–Crippen LogP) is 2.43. The van der Waals surface area contributed by atoms with E-state index >= 15 is 0 Å². The molecule has 0 radical (unpaired) electrons. The number of carbonyl (C=O) groups excluding carboxylic acids is 1. The summed E-state index contributed by atoms with van der Waals surface area (Å²) < 4.78 is 5.07. The maximum Gasteiger partial charge on any atom is 0.348 e. The molecule has 1 aromatic heterocycles. The van der Waals surface area contributed by atoms with Crippen LogP contribution in [0.5, 0.6) is 5.75 Å². The van der Waals surface area contributed by atoms with Gasteiger partial charge in [-0.05, 0) is 18.6 Å². The van der Waals surface area contributed by atoms with Gasteiger partial charge in [0.1, 0.15) is 16.9 Å². The minimum Gasteiger partial charge on any atom is -0.506 e. The molecule has 2 rings (SSSR count). The molecule has 0 aliphatic heterocycles. The van der Waals surface area contributed by atoms with Crippen LogP contribution < -0.4 is 10.9 Å². The lowest BCUT2D eigenvalue weighted by Crippen LogP contribution is -2.21. The molecule has 6 nitrogen and oxygen atoms in total. The Morgan fingerprint density at radius 2 is 2.19 bits per heavy atom. The van der Waals surface area contributed by atoms with Crippen LogP contribution in [0.15, 0.2) is 38.5 Å². The van der Waals surface area contributed by atoms with Gasteiger partial charge in [-0.3, -0.25) is 0 Å². The number of nitrogens with zero attached hydrogens (tertiary/aromatic N) is 1. The molecule has 110 valence electrons. The van der Waals surface area contributed by atoms with Gasteiger partial charge in [0.15, 0.2) is 0 Å². The molecule has 2 aromatic rings. The van der Waals surface area contributed by atoms with Crippen LogP contribution in [0.25, 0.3) is 11.0 Å². The minimum absolute atomic E-state index is 0.139. The van der Waals surface area contributed by atoms with E-state index < -0.39 is 11.7 Å². The number of aliphatic imine (C=N–C) groups is 1. The summed E-state index contributed by atoms with van der Waals surface area (Å²) in [5.74, 6) is -0.244. The second-order valence-electron chi connectivity index (χ2n) is 4.49. The summed E-state index contributed by atoms with van der Waals surface area (Å²) >= 11 is 0. The second-order valence-corrected chi connectivity index (χ2v) is 4.49. The summed E-state index contributed by atoms with van der Waals surface area (Å²) in [6, 6.07) is 6.04. The zero-order chi connectivity index (χ0) is 15.2. The molecule has 2 N–H and O–H groups in total. The molecule has 1 aromatic carbocycles. The Balaban J connectivity index is 2.26. The Bertz CT molecular complexity index is 734. The summed E-state index contributed by atoms with van der Waals surface area (Å²) in [5.41, 5.74) is -0.597. The average Bonchev–Trinajstić information content (AvgIpc) is 2.47. The first-order chi connectivity index (χ1) is 10.1. The molecule has 21 heavy (non-hydrogen) atoms. The van der Waals surface area contributed by atoms with Gasteiger partial charge in [-0.1, -0.05) is 25.5 Å². The van der Waals surface area contributed by atoms with E-state index in [1.54, 1.807) is 24.3 Å². The number of urea groups is 1. The summed E-state index contributed by atoms with van der Waals surface area (Å²) in [4.78, 5) is 26.8. The summed E-state index contributed by atoms with van der Waals surface area (Å²) in [6.45, 7) is 2.53. The highest BCUT2D eigenvalue weighted by molar-refractivity contribution is 5.97. The molecule has 0 atom stereocenters. The highest BCUT2D eigenvalue weighted by Crippen LogP contribution is 2.24. The normalized spacial score (nSPS) is 11.1. The zero-order valence-corrected chi connectivity index (χ0v) is 11.6. The van der Waals surface area contributed by atoms with Crippen LogP contribution in [-0.2, 0) is 0 Å². The van der Waals surface area contributed by atoms with Crippen LogP contribution in [0.1, 0.15) is 25.3 Å². The maximum atomic E-state index is 11.8. The van der Waals surface area contributed by atoms with Gasteiger partial charge in [0, 0.05) is 6.54 Å². The van der Waals surface area contributed by atoms with Gasteiger partial charge in [0.2, 0.25) is 0 Å². The van der Waals surface area contributed by atoms with Crippen molar-refractivity contribution in [1.82, 2.24) is 5.32 Å². The van der Waals surface area contributed by atoms with Crippen LogP contribution in [0.3, 0.4) is 0 Å². The number of carbonyl (C=O) groups is 1. The molecule has 0 saturated heterocycles. The van der Waals surface area contributed by atoms with Gasteiger partial charge >= 0.3 is 11.7 Å². The number of fused-ring (bicyclic) bond motifs is 1. The largest absolute Gasteiger partial charge is 0.506 e. The van der Waals surface area contributed by atoms with Gasteiger partial charge in [-0.25, -0.2) is 14.6 Å². The molecule has 1 heterocycles. The van der Waals surface area contributed by atoms with Crippen molar-refractivity contribution >= 4 is 23.2 Å². The van der Waals surface area contributed by atoms with E-state index in [2.05, 4.69) is 10.3 Å². The second kappa shape index (κ2) is 6.69. The summed E-state index contributed by atoms with van der Waals surface area (Å²) in [7, 11) is 0. The van der Waals surface area contributed by atoms with Crippen molar-refractivity contribution in [3.8, 4) is 5.75 Å². The maximum absolute atomic E-state index is 11.8. The first-order valence-electron chi connectivity index (χ1n) is 6.70. The van der Waals surface area contributed by atoms with Crippen LogP contribution in [0, 0.1) is 0 Å². The zero-order valence-electron chi connectivity index (χ0n) is 11.6. The smallest absolute Gasteiger partial charge is 0.348 e. The Morgan fingerprint density at radius 1 is 1.43 bits per heavy atom. The monoisotopic (exact) mass is 288 g/mol. The first kappa shape index (κ1) is 14.8. The molecule has 0 spiro atoms. The van der Waals surface area contributed by atoms with E-state index in [1.165, 1.54) is 0 Å². The quantitative estimate of drug-likeness (QED) is 0.513. The molecule has 0 unspecified atom stereocenters. The molecular formula is C15H16N2O4. The van der Waals surface area contributed by atoms with Crippen LogP contribution >= 0.6 is 0 Å². The Hall–Kier alpha value is -2.63. The SMILES string of the molecule is CCCCNC(=O)N=Cc1c(O)c2ccccc2oc1=O. The van der Waals surface area contributed by atoms with Crippen molar-refractivity contribution in [2.75, 3.05) is 6.54 Å². The molecule has 2 amide bonds. The van der Waals surface area contributed by atoms with E-state index in [1.807, 2.05) is 6.92 Å².